The highest BCUT2D eigenvalue weighted by Crippen LogP contribution is 2.36. The summed E-state index contributed by atoms with van der Waals surface area (Å²) in [6.45, 7) is 0.292. The summed E-state index contributed by atoms with van der Waals surface area (Å²) in [4.78, 5) is 33.5. The number of carbonyl (C=O) groups excluding carboxylic acids is 2. The van der Waals surface area contributed by atoms with E-state index in [-0.39, 0.29) is 11.9 Å². The number of nitrogens with one attached hydrogen (secondary N) is 1. The van der Waals surface area contributed by atoms with Crippen LogP contribution in [-0.4, -0.2) is 47.4 Å². The molecule has 1 aliphatic heterocycles. The Morgan fingerprint density at radius 2 is 1.66 bits per heavy atom. The molecule has 1 N–H and O–H groups in total. The summed E-state index contributed by atoms with van der Waals surface area (Å²) in [6.07, 6.45) is 0. The molecule has 0 saturated carbocycles. The summed E-state index contributed by atoms with van der Waals surface area (Å²) in [5.41, 5.74) is 1.60. The molecule has 5 nitrogen and oxygen atoms in total. The summed E-state index contributed by atoms with van der Waals surface area (Å²) in [5, 5.41) is 4.07. The first-order valence-corrected chi connectivity index (χ1v) is 10.2. The first-order valence-electron chi connectivity index (χ1n) is 9.37. The molecule has 0 radical (unpaired) electrons. The molecule has 0 unspecified atom stereocenters. The van der Waals surface area contributed by atoms with Gasteiger partial charge in [0, 0.05) is 40.2 Å². The van der Waals surface area contributed by atoms with E-state index in [1.54, 1.807) is 23.7 Å². The lowest BCUT2D eigenvalue weighted by Gasteiger charge is -2.30. The molecule has 0 spiro atoms. The third kappa shape index (κ3) is 2.79. The second-order valence-electron chi connectivity index (χ2n) is 7.24. The molecular weight excluding hydrogens is 382 g/mol. The van der Waals surface area contributed by atoms with Crippen LogP contribution in [-0.2, 0) is 4.79 Å². The fraction of sp³-hybridized carbons (Fsp3) is 0.130. The van der Waals surface area contributed by atoms with E-state index in [0.717, 1.165) is 27.0 Å². The van der Waals surface area contributed by atoms with Crippen LogP contribution in [0.2, 0.25) is 0 Å². The Hall–Kier alpha value is -3.25. The summed E-state index contributed by atoms with van der Waals surface area (Å²) < 4.78 is 0. The number of imide groups is 1. The van der Waals surface area contributed by atoms with Crippen molar-refractivity contribution in [3.8, 4) is 0 Å². The highest BCUT2D eigenvalue weighted by atomic mass is 32.2. The Morgan fingerprint density at radius 3 is 2.45 bits per heavy atom. The smallest absolute Gasteiger partial charge is 0.326 e. The van der Waals surface area contributed by atoms with E-state index in [9.17, 15) is 9.59 Å². The largest absolute Gasteiger partial charge is 0.354 e. The SMILES string of the molecule is CN1C/C(=c2/[nH]c3ccc(Sc4ccccc4)c4cccc2c34)C(=O)N(C)C1=O. The molecule has 1 fully saturated rings. The maximum Gasteiger partial charge on any atom is 0.326 e. The van der Waals surface area contributed by atoms with Crippen LogP contribution in [0.25, 0.3) is 27.2 Å². The van der Waals surface area contributed by atoms with Crippen LogP contribution in [0.3, 0.4) is 0 Å². The van der Waals surface area contributed by atoms with Gasteiger partial charge in [-0.25, -0.2) is 4.79 Å². The van der Waals surface area contributed by atoms with Crippen LogP contribution in [0.1, 0.15) is 0 Å². The molecule has 1 aliphatic rings. The van der Waals surface area contributed by atoms with Crippen LogP contribution in [0.15, 0.2) is 70.5 Å². The van der Waals surface area contributed by atoms with Crippen molar-refractivity contribution in [2.45, 2.75) is 9.79 Å². The van der Waals surface area contributed by atoms with Crippen LogP contribution in [0, 0.1) is 0 Å². The van der Waals surface area contributed by atoms with Gasteiger partial charge in [-0.15, -0.1) is 0 Å². The van der Waals surface area contributed by atoms with Gasteiger partial charge in [-0.05, 0) is 29.7 Å². The summed E-state index contributed by atoms with van der Waals surface area (Å²) in [7, 11) is 3.24. The molecule has 144 valence electrons. The molecule has 4 aromatic rings. The fourth-order valence-electron chi connectivity index (χ4n) is 3.94. The zero-order valence-corrected chi connectivity index (χ0v) is 16.9. The van der Waals surface area contributed by atoms with E-state index in [4.69, 9.17) is 0 Å². The average molecular weight is 401 g/mol. The van der Waals surface area contributed by atoms with E-state index in [1.165, 1.54) is 21.7 Å². The quantitative estimate of drug-likeness (QED) is 0.555. The molecule has 0 atom stereocenters. The molecule has 0 bridgehead atoms. The topological polar surface area (TPSA) is 56.4 Å². The molecule has 3 amide bonds. The van der Waals surface area contributed by atoms with E-state index < -0.39 is 0 Å². The second-order valence-corrected chi connectivity index (χ2v) is 8.35. The number of carbonyl (C=O) groups is 2. The predicted molar refractivity (Wildman–Crippen MR) is 116 cm³/mol. The van der Waals surface area contributed by atoms with Gasteiger partial charge in [0.1, 0.15) is 0 Å². The fourth-order valence-corrected chi connectivity index (χ4v) is 4.90. The Labute approximate surface area is 172 Å². The summed E-state index contributed by atoms with van der Waals surface area (Å²) >= 11 is 1.73. The zero-order chi connectivity index (χ0) is 20.1. The lowest BCUT2D eigenvalue weighted by atomic mass is 10.1. The highest BCUT2D eigenvalue weighted by molar-refractivity contribution is 7.99. The van der Waals surface area contributed by atoms with Crippen molar-refractivity contribution in [1.29, 1.82) is 0 Å². The van der Waals surface area contributed by atoms with Gasteiger partial charge in [0.2, 0.25) is 0 Å². The monoisotopic (exact) mass is 401 g/mol. The normalized spacial score (nSPS) is 17.0. The van der Waals surface area contributed by atoms with Crippen molar-refractivity contribution in [3.63, 3.8) is 0 Å². The van der Waals surface area contributed by atoms with Crippen molar-refractivity contribution in [2.75, 3.05) is 20.6 Å². The maximum atomic E-state index is 12.8. The maximum absolute atomic E-state index is 12.8. The number of hydrogen-bond acceptors (Lipinski definition) is 3. The van der Waals surface area contributed by atoms with Gasteiger partial charge in [-0.3, -0.25) is 9.69 Å². The number of nitrogens with zero attached hydrogens (tertiary/aromatic N) is 2. The zero-order valence-electron chi connectivity index (χ0n) is 16.1. The van der Waals surface area contributed by atoms with Crippen molar-refractivity contribution in [1.82, 2.24) is 14.8 Å². The van der Waals surface area contributed by atoms with Gasteiger partial charge in [0.05, 0.1) is 17.5 Å². The predicted octanol–water partition coefficient (Wildman–Crippen LogP) is 3.87. The summed E-state index contributed by atoms with van der Waals surface area (Å²) in [6, 6.07) is 20.4. The minimum Gasteiger partial charge on any atom is -0.354 e. The van der Waals surface area contributed by atoms with Crippen LogP contribution in [0.5, 0.6) is 0 Å². The van der Waals surface area contributed by atoms with Gasteiger partial charge in [0.25, 0.3) is 5.91 Å². The Balaban J connectivity index is 1.74. The molecule has 1 aromatic heterocycles. The lowest BCUT2D eigenvalue weighted by molar-refractivity contribution is -0.122. The molecule has 3 aromatic carbocycles. The van der Waals surface area contributed by atoms with E-state index in [2.05, 4.69) is 35.3 Å². The molecule has 29 heavy (non-hydrogen) atoms. The van der Waals surface area contributed by atoms with Crippen molar-refractivity contribution in [3.05, 3.63) is 66.0 Å². The summed E-state index contributed by atoms with van der Waals surface area (Å²) in [5.74, 6) is -0.251. The number of H-pyrrole nitrogens is 1. The van der Waals surface area contributed by atoms with Gasteiger partial charge in [0.15, 0.2) is 0 Å². The number of amides is 3. The van der Waals surface area contributed by atoms with Crippen LogP contribution in [0.4, 0.5) is 4.79 Å². The third-order valence-electron chi connectivity index (χ3n) is 5.37. The number of hydrogen-bond donors (Lipinski definition) is 1. The number of urea groups is 1. The minimum atomic E-state index is -0.283. The minimum absolute atomic E-state index is 0.251. The van der Waals surface area contributed by atoms with Crippen molar-refractivity contribution >= 4 is 50.9 Å². The Kier molecular flexibility index (Phi) is 4.10. The molecule has 2 heterocycles. The first kappa shape index (κ1) is 17.8. The van der Waals surface area contributed by atoms with Crippen molar-refractivity contribution in [2.24, 2.45) is 0 Å². The van der Waals surface area contributed by atoms with E-state index in [0.29, 0.717) is 12.1 Å². The lowest BCUT2D eigenvalue weighted by Crippen LogP contribution is -2.51. The third-order valence-corrected chi connectivity index (χ3v) is 6.46. The number of rotatable bonds is 2. The van der Waals surface area contributed by atoms with Gasteiger partial charge < -0.3 is 9.88 Å². The van der Waals surface area contributed by atoms with Gasteiger partial charge in [-0.1, -0.05) is 48.2 Å². The molecule has 6 heteroatoms. The average Bonchev–Trinajstić information content (AvgIpc) is 3.12. The molecule has 5 rings (SSSR count). The van der Waals surface area contributed by atoms with Gasteiger partial charge in [-0.2, -0.15) is 0 Å². The first-order chi connectivity index (χ1) is 14.0. The number of aromatic nitrogens is 1. The van der Waals surface area contributed by atoms with Gasteiger partial charge >= 0.3 is 6.03 Å². The molecule has 1 saturated heterocycles. The molecule has 0 aliphatic carbocycles. The van der Waals surface area contributed by atoms with Crippen LogP contribution < -0.4 is 5.35 Å². The van der Waals surface area contributed by atoms with Crippen molar-refractivity contribution < 1.29 is 9.59 Å². The number of benzene rings is 3. The van der Waals surface area contributed by atoms with Crippen LogP contribution >= 0.6 is 11.8 Å². The highest BCUT2D eigenvalue weighted by Gasteiger charge is 2.32. The van der Waals surface area contributed by atoms with E-state index >= 15 is 0 Å². The molecular formula is C23H19N3O2S. The Morgan fingerprint density at radius 1 is 0.897 bits per heavy atom. The second kappa shape index (κ2) is 6.67. The number of aromatic amines is 1. The Bertz CT molecular complexity index is 1330. The standard InChI is InChI=1S/C23H19N3O2S/c1-25-13-17(22(27)26(2)23(25)28)21-16-10-6-9-15-19(12-11-18(24-21)20(15)16)29-14-7-4-3-5-8-14/h3-12,24H,13H2,1-2H3/b21-17-. The van der Waals surface area contributed by atoms with E-state index in [1.807, 2.05) is 30.3 Å².